The highest BCUT2D eigenvalue weighted by Gasteiger charge is 2.49. The molecule has 0 spiro atoms. The number of carbonyl (C=O) groups excluding carboxylic acids is 2. The molecule has 1 aromatic rings. The lowest BCUT2D eigenvalue weighted by atomic mass is 9.76. The van der Waals surface area contributed by atoms with Gasteiger partial charge in [-0.1, -0.05) is 24.6 Å². The molecule has 1 saturated carbocycles. The van der Waals surface area contributed by atoms with Gasteiger partial charge in [-0.15, -0.1) is 0 Å². The molecule has 0 aromatic heterocycles. The summed E-state index contributed by atoms with van der Waals surface area (Å²) < 4.78 is 0. The maximum atomic E-state index is 12.5. The van der Waals surface area contributed by atoms with E-state index < -0.39 is 0 Å². The number of benzene rings is 1. The van der Waals surface area contributed by atoms with Gasteiger partial charge in [0.15, 0.2) is 0 Å². The number of anilines is 1. The van der Waals surface area contributed by atoms with Crippen LogP contribution in [0.1, 0.15) is 31.7 Å². The summed E-state index contributed by atoms with van der Waals surface area (Å²) in [5, 5.41) is 3.81. The number of likely N-dealkylation sites (tertiary alicyclic amines) is 1. The van der Waals surface area contributed by atoms with Crippen molar-refractivity contribution in [3.63, 3.8) is 0 Å². The third-order valence-corrected chi connectivity index (χ3v) is 5.30. The van der Waals surface area contributed by atoms with E-state index in [4.69, 9.17) is 11.6 Å². The van der Waals surface area contributed by atoms with Crippen molar-refractivity contribution in [3.8, 4) is 0 Å². The lowest BCUT2D eigenvalue weighted by Crippen LogP contribution is -2.35. The van der Waals surface area contributed by atoms with Crippen molar-refractivity contribution < 1.29 is 9.59 Å². The van der Waals surface area contributed by atoms with Crippen LogP contribution < -0.4 is 5.32 Å². The largest absolute Gasteiger partial charge is 0.367 e. The van der Waals surface area contributed by atoms with E-state index in [2.05, 4.69) is 12.2 Å². The summed E-state index contributed by atoms with van der Waals surface area (Å²) in [6, 6.07) is 5.64. The summed E-state index contributed by atoms with van der Waals surface area (Å²) in [7, 11) is 0. The topological polar surface area (TPSA) is 49.4 Å². The van der Waals surface area contributed by atoms with Gasteiger partial charge in [0.05, 0.1) is 18.5 Å². The van der Waals surface area contributed by atoms with Crippen LogP contribution >= 0.6 is 11.6 Å². The smallest absolute Gasteiger partial charge is 0.234 e. The van der Waals surface area contributed by atoms with Crippen LogP contribution in [0.25, 0.3) is 0 Å². The monoisotopic (exact) mass is 320 g/mol. The highest BCUT2D eigenvalue weighted by atomic mass is 35.5. The molecule has 22 heavy (non-hydrogen) atoms. The van der Waals surface area contributed by atoms with Crippen molar-refractivity contribution in [2.24, 2.45) is 17.8 Å². The second-order valence-corrected chi connectivity index (χ2v) is 6.94. The number of fused-ring (bicyclic) bond motifs is 1. The number of hydrogen-bond acceptors (Lipinski definition) is 3. The quantitative estimate of drug-likeness (QED) is 0.868. The molecular weight excluding hydrogens is 300 g/mol. The molecule has 2 amide bonds. The van der Waals surface area contributed by atoms with Gasteiger partial charge in [0.1, 0.15) is 0 Å². The summed E-state index contributed by atoms with van der Waals surface area (Å²) in [4.78, 5) is 26.3. The summed E-state index contributed by atoms with van der Waals surface area (Å²) >= 11 is 6.09. The zero-order chi connectivity index (χ0) is 15.9. The Hall–Kier alpha value is -1.55. The predicted molar refractivity (Wildman–Crippen MR) is 86.5 cm³/mol. The number of rotatable bonds is 3. The minimum Gasteiger partial charge on any atom is -0.367 e. The molecule has 1 heterocycles. The second-order valence-electron chi connectivity index (χ2n) is 6.53. The Kier molecular flexibility index (Phi) is 4.13. The van der Waals surface area contributed by atoms with E-state index in [1.54, 1.807) is 0 Å². The van der Waals surface area contributed by atoms with Crippen molar-refractivity contribution in [1.29, 1.82) is 0 Å². The first-order chi connectivity index (χ1) is 10.5. The van der Waals surface area contributed by atoms with Crippen LogP contribution in [-0.2, 0) is 9.59 Å². The van der Waals surface area contributed by atoms with Gasteiger partial charge in [-0.05, 0) is 49.8 Å². The lowest BCUT2D eigenvalue weighted by molar-refractivity contribution is -0.139. The van der Waals surface area contributed by atoms with Crippen LogP contribution in [-0.4, -0.2) is 23.4 Å². The number of imide groups is 1. The molecule has 1 saturated heterocycles. The van der Waals surface area contributed by atoms with Gasteiger partial charge >= 0.3 is 0 Å². The Morgan fingerprint density at radius 2 is 1.95 bits per heavy atom. The van der Waals surface area contributed by atoms with Crippen LogP contribution in [0.15, 0.2) is 18.2 Å². The summed E-state index contributed by atoms with van der Waals surface area (Å²) in [5.74, 6) is 0.272. The van der Waals surface area contributed by atoms with Crippen molar-refractivity contribution in [2.45, 2.75) is 33.1 Å². The van der Waals surface area contributed by atoms with Gasteiger partial charge in [-0.25, -0.2) is 0 Å². The molecule has 118 valence electrons. The van der Waals surface area contributed by atoms with Crippen molar-refractivity contribution in [1.82, 2.24) is 4.90 Å². The number of carbonyl (C=O) groups is 2. The molecule has 3 rings (SSSR count). The van der Waals surface area contributed by atoms with Gasteiger partial charge < -0.3 is 5.32 Å². The van der Waals surface area contributed by atoms with E-state index in [9.17, 15) is 9.59 Å². The summed E-state index contributed by atoms with van der Waals surface area (Å²) in [5.41, 5.74) is 1.82. The minimum atomic E-state index is -0.111. The zero-order valence-electron chi connectivity index (χ0n) is 12.9. The molecule has 4 nitrogen and oxygen atoms in total. The van der Waals surface area contributed by atoms with E-state index >= 15 is 0 Å². The van der Waals surface area contributed by atoms with Crippen molar-refractivity contribution in [3.05, 3.63) is 28.8 Å². The Morgan fingerprint density at radius 1 is 1.23 bits per heavy atom. The fourth-order valence-electron chi connectivity index (χ4n) is 3.49. The molecule has 0 bridgehead atoms. The van der Waals surface area contributed by atoms with Crippen molar-refractivity contribution in [2.75, 3.05) is 12.0 Å². The first-order valence-electron chi connectivity index (χ1n) is 7.82. The minimum absolute atomic E-state index is 0.0207. The first kappa shape index (κ1) is 15.3. The predicted octanol–water partition coefficient (Wildman–Crippen LogP) is 3.44. The van der Waals surface area contributed by atoms with E-state index in [-0.39, 0.29) is 30.3 Å². The van der Waals surface area contributed by atoms with Crippen LogP contribution in [0, 0.1) is 24.7 Å². The third-order valence-electron chi connectivity index (χ3n) is 4.89. The molecule has 2 fully saturated rings. The van der Waals surface area contributed by atoms with Gasteiger partial charge in [-0.3, -0.25) is 14.5 Å². The molecule has 1 aliphatic heterocycles. The van der Waals surface area contributed by atoms with Crippen LogP contribution in [0.4, 0.5) is 5.69 Å². The number of aryl methyl sites for hydroxylation is 1. The molecule has 0 radical (unpaired) electrons. The van der Waals surface area contributed by atoms with Crippen LogP contribution in [0.2, 0.25) is 5.02 Å². The molecule has 2 aliphatic rings. The van der Waals surface area contributed by atoms with E-state index in [0.717, 1.165) is 30.5 Å². The van der Waals surface area contributed by atoms with E-state index in [1.807, 2.05) is 25.1 Å². The number of nitrogens with one attached hydrogen (secondary N) is 1. The molecule has 1 aromatic carbocycles. The number of nitrogens with zero attached hydrogens (tertiary/aromatic N) is 1. The van der Waals surface area contributed by atoms with Gasteiger partial charge in [-0.2, -0.15) is 0 Å². The standard InChI is InChI=1S/C17H21ClN2O2/c1-10-3-6-13-14(7-10)17(22)20(16(13)21)9-19-12-5-4-11(2)15(18)8-12/h4-5,8,10,13-14,19H,3,6-7,9H2,1-2H3/t10-,13+,14+/m1/s1. The van der Waals surface area contributed by atoms with Crippen LogP contribution in [0.5, 0.6) is 0 Å². The number of hydrogen-bond donors (Lipinski definition) is 1. The molecule has 0 unspecified atom stereocenters. The van der Waals surface area contributed by atoms with Gasteiger partial charge in [0.25, 0.3) is 0 Å². The Bertz CT molecular complexity index is 617. The molecule has 5 heteroatoms. The molecule has 3 atom stereocenters. The summed E-state index contributed by atoms with van der Waals surface area (Å²) in [6.45, 7) is 4.31. The number of halogens is 1. The maximum Gasteiger partial charge on any atom is 0.234 e. The Balaban J connectivity index is 1.68. The fourth-order valence-corrected chi connectivity index (χ4v) is 3.67. The summed E-state index contributed by atoms with van der Waals surface area (Å²) in [6.07, 6.45) is 2.71. The average molecular weight is 321 g/mol. The lowest BCUT2D eigenvalue weighted by Gasteiger charge is -2.25. The fraction of sp³-hybridized carbons (Fsp3) is 0.529. The maximum absolute atomic E-state index is 12.5. The Labute approximate surface area is 135 Å². The Morgan fingerprint density at radius 3 is 2.68 bits per heavy atom. The third kappa shape index (κ3) is 2.72. The zero-order valence-corrected chi connectivity index (χ0v) is 13.7. The highest BCUT2D eigenvalue weighted by Crippen LogP contribution is 2.40. The average Bonchev–Trinajstić information content (AvgIpc) is 2.72. The molecular formula is C17H21ClN2O2. The van der Waals surface area contributed by atoms with Gasteiger partial charge in [0.2, 0.25) is 11.8 Å². The second kappa shape index (κ2) is 5.92. The molecule has 1 aliphatic carbocycles. The van der Waals surface area contributed by atoms with Gasteiger partial charge in [0, 0.05) is 10.7 Å². The first-order valence-corrected chi connectivity index (χ1v) is 8.20. The highest BCUT2D eigenvalue weighted by molar-refractivity contribution is 6.31. The SMILES string of the molecule is Cc1ccc(NCN2C(=O)[C@H]3CC[C@@H](C)C[C@@H]3C2=O)cc1Cl. The number of amides is 2. The molecule has 1 N–H and O–H groups in total. The normalized spacial score (nSPS) is 28.0. The van der Waals surface area contributed by atoms with E-state index in [0.29, 0.717) is 10.9 Å². The van der Waals surface area contributed by atoms with Crippen molar-refractivity contribution >= 4 is 29.1 Å². The van der Waals surface area contributed by atoms with Crippen LogP contribution in [0.3, 0.4) is 0 Å². The van der Waals surface area contributed by atoms with E-state index in [1.165, 1.54) is 4.90 Å².